The summed E-state index contributed by atoms with van der Waals surface area (Å²) in [6.07, 6.45) is 4.33. The molecule has 0 unspecified atom stereocenters. The van der Waals surface area contributed by atoms with E-state index in [9.17, 15) is 0 Å². The van der Waals surface area contributed by atoms with E-state index >= 15 is 0 Å². The Morgan fingerprint density at radius 1 is 1.75 bits per heavy atom. The van der Waals surface area contributed by atoms with Gasteiger partial charge in [0, 0.05) is 24.9 Å². The standard InChI is InChI=1S/C6H11N5S/c7-11-6(12)9-2-1-5-3-8-4-10-5/h3-4H,1-2,7H2,(H,8,10)(H2,9,11,12)/p+1. The van der Waals surface area contributed by atoms with Gasteiger partial charge in [-0.05, 0) is 12.2 Å². The summed E-state index contributed by atoms with van der Waals surface area (Å²) < 4.78 is 0. The number of aromatic amines is 1. The number of imidazole rings is 1. The summed E-state index contributed by atoms with van der Waals surface area (Å²) >= 11 is 4.84. The second kappa shape index (κ2) is 4.68. The van der Waals surface area contributed by atoms with Gasteiger partial charge in [0.15, 0.2) is 0 Å². The van der Waals surface area contributed by atoms with E-state index in [0.717, 1.165) is 18.7 Å². The van der Waals surface area contributed by atoms with Crippen LogP contribution in [0.3, 0.4) is 0 Å². The molecule has 0 aliphatic heterocycles. The lowest BCUT2D eigenvalue weighted by Crippen LogP contribution is -2.69. The summed E-state index contributed by atoms with van der Waals surface area (Å²) in [5, 5.41) is 3.55. The smallest absolute Gasteiger partial charge is 0.213 e. The Hall–Kier alpha value is -1.14. The van der Waals surface area contributed by atoms with E-state index in [1.54, 1.807) is 12.5 Å². The molecule has 0 spiro atoms. The van der Waals surface area contributed by atoms with Crippen LogP contribution >= 0.6 is 12.2 Å². The third-order valence-corrected chi connectivity index (χ3v) is 1.68. The molecular weight excluding hydrogens is 174 g/mol. The number of quaternary nitrogens is 1. The molecule has 0 atom stereocenters. The van der Waals surface area contributed by atoms with Gasteiger partial charge in [-0.15, -0.1) is 0 Å². The number of hydrogen-bond acceptors (Lipinski definition) is 2. The molecule has 0 aliphatic rings. The number of nitrogens with zero attached hydrogens (tertiary/aromatic N) is 1. The molecule has 6 N–H and O–H groups in total. The predicted molar refractivity (Wildman–Crippen MR) is 48.9 cm³/mol. The maximum Gasteiger partial charge on any atom is 0.213 e. The molecule has 1 aromatic heterocycles. The molecule has 1 rings (SSSR count). The molecule has 5 nitrogen and oxygen atoms in total. The second-order valence-corrected chi connectivity index (χ2v) is 2.67. The van der Waals surface area contributed by atoms with E-state index in [-0.39, 0.29) is 0 Å². The maximum absolute atomic E-state index is 4.84. The van der Waals surface area contributed by atoms with Gasteiger partial charge in [-0.1, -0.05) is 0 Å². The Kier molecular flexibility index (Phi) is 3.49. The summed E-state index contributed by atoms with van der Waals surface area (Å²) in [6.45, 7) is 0.781. The van der Waals surface area contributed by atoms with Crippen molar-refractivity contribution in [3.63, 3.8) is 0 Å². The van der Waals surface area contributed by atoms with Crippen molar-refractivity contribution in [1.29, 1.82) is 0 Å². The SMILES string of the molecule is [NH3+]NC(=S)NCCc1cnc[nH]1. The number of hydrogen-bond donors (Lipinski definition) is 4. The molecule has 0 radical (unpaired) electrons. The van der Waals surface area contributed by atoms with Crippen LogP contribution in [0.4, 0.5) is 0 Å². The number of rotatable bonds is 3. The summed E-state index contributed by atoms with van der Waals surface area (Å²) in [5.74, 6) is 3.43. The molecule has 1 aromatic rings. The zero-order valence-electron chi connectivity index (χ0n) is 6.63. The van der Waals surface area contributed by atoms with Crippen LogP contribution in [0.1, 0.15) is 5.69 Å². The van der Waals surface area contributed by atoms with Crippen molar-refractivity contribution in [2.45, 2.75) is 6.42 Å². The van der Waals surface area contributed by atoms with Gasteiger partial charge in [0.1, 0.15) is 0 Å². The molecule has 0 bridgehead atoms. The van der Waals surface area contributed by atoms with Crippen LogP contribution < -0.4 is 16.6 Å². The van der Waals surface area contributed by atoms with Crippen molar-refractivity contribution < 1.29 is 5.84 Å². The van der Waals surface area contributed by atoms with E-state index in [2.05, 4.69) is 26.6 Å². The van der Waals surface area contributed by atoms with Crippen LogP contribution in [-0.4, -0.2) is 21.6 Å². The maximum atomic E-state index is 4.84. The number of thiocarbonyl (C=S) groups is 1. The molecule has 0 amide bonds. The van der Waals surface area contributed by atoms with Gasteiger partial charge in [0.05, 0.1) is 6.33 Å². The highest BCUT2D eigenvalue weighted by atomic mass is 32.1. The van der Waals surface area contributed by atoms with Crippen LogP contribution in [0.5, 0.6) is 0 Å². The van der Waals surface area contributed by atoms with Crippen LogP contribution in [0.2, 0.25) is 0 Å². The minimum Gasteiger partial charge on any atom is -0.359 e. The monoisotopic (exact) mass is 186 g/mol. The Labute approximate surface area is 75.7 Å². The lowest BCUT2D eigenvalue weighted by atomic mass is 10.3. The third-order valence-electron chi connectivity index (χ3n) is 1.40. The van der Waals surface area contributed by atoms with Crippen molar-refractivity contribution in [2.24, 2.45) is 0 Å². The van der Waals surface area contributed by atoms with Gasteiger partial charge < -0.3 is 10.3 Å². The topological polar surface area (TPSA) is 80.4 Å². The number of nitrogens with one attached hydrogen (secondary N) is 3. The van der Waals surface area contributed by atoms with Gasteiger partial charge in [-0.25, -0.2) is 10.4 Å². The van der Waals surface area contributed by atoms with Crippen LogP contribution in [0.15, 0.2) is 12.5 Å². The molecule has 1 heterocycles. The first-order chi connectivity index (χ1) is 5.83. The zero-order chi connectivity index (χ0) is 8.81. The molecule has 12 heavy (non-hydrogen) atoms. The molecule has 6 heteroatoms. The first kappa shape index (κ1) is 8.95. The molecule has 0 saturated heterocycles. The lowest BCUT2D eigenvalue weighted by molar-refractivity contribution is -0.419. The van der Waals surface area contributed by atoms with E-state index in [4.69, 9.17) is 12.2 Å². The van der Waals surface area contributed by atoms with Crippen molar-refractivity contribution >= 4 is 17.3 Å². The highest BCUT2D eigenvalue weighted by Gasteiger charge is 1.94. The summed E-state index contributed by atoms with van der Waals surface area (Å²) in [7, 11) is 0. The Morgan fingerprint density at radius 3 is 3.17 bits per heavy atom. The average molecular weight is 186 g/mol. The van der Waals surface area contributed by atoms with Crippen LogP contribution in [0.25, 0.3) is 0 Å². The normalized spacial score (nSPS) is 9.42. The minimum atomic E-state index is 0.564. The van der Waals surface area contributed by atoms with Crippen molar-refractivity contribution in [3.8, 4) is 0 Å². The van der Waals surface area contributed by atoms with Crippen LogP contribution in [0, 0.1) is 0 Å². The van der Waals surface area contributed by atoms with Gasteiger partial charge in [0.2, 0.25) is 5.11 Å². The Balaban J connectivity index is 2.15. The fraction of sp³-hybridized carbons (Fsp3) is 0.333. The highest BCUT2D eigenvalue weighted by Crippen LogP contribution is 1.89. The molecule has 0 aliphatic carbocycles. The van der Waals surface area contributed by atoms with Crippen molar-refractivity contribution in [1.82, 2.24) is 20.7 Å². The van der Waals surface area contributed by atoms with Gasteiger partial charge in [0.25, 0.3) is 0 Å². The lowest BCUT2D eigenvalue weighted by Gasteiger charge is -2.02. The number of aromatic nitrogens is 2. The number of H-pyrrole nitrogens is 1. The van der Waals surface area contributed by atoms with Gasteiger partial charge in [-0.2, -0.15) is 0 Å². The van der Waals surface area contributed by atoms with Crippen LogP contribution in [-0.2, 0) is 6.42 Å². The van der Waals surface area contributed by atoms with Gasteiger partial charge >= 0.3 is 0 Å². The third kappa shape index (κ3) is 2.85. The van der Waals surface area contributed by atoms with E-state index < -0.39 is 0 Å². The fourth-order valence-corrected chi connectivity index (χ4v) is 0.897. The van der Waals surface area contributed by atoms with Crippen molar-refractivity contribution in [2.75, 3.05) is 6.54 Å². The van der Waals surface area contributed by atoms with E-state index in [0.29, 0.717) is 5.11 Å². The zero-order valence-corrected chi connectivity index (χ0v) is 7.45. The Bertz CT molecular complexity index is 232. The first-order valence-corrected chi connectivity index (χ1v) is 4.02. The molecular formula is C6H12N5S+. The summed E-state index contributed by atoms with van der Waals surface area (Å²) in [6, 6.07) is 0. The minimum absolute atomic E-state index is 0.564. The quantitative estimate of drug-likeness (QED) is 0.345. The summed E-state index contributed by atoms with van der Waals surface area (Å²) in [5.41, 5.74) is 3.68. The molecule has 0 fully saturated rings. The molecule has 0 aromatic carbocycles. The van der Waals surface area contributed by atoms with E-state index in [1.165, 1.54) is 0 Å². The average Bonchev–Trinajstić information content (AvgIpc) is 2.57. The molecule has 0 saturated carbocycles. The second-order valence-electron chi connectivity index (χ2n) is 2.26. The fourth-order valence-electron chi connectivity index (χ4n) is 0.795. The van der Waals surface area contributed by atoms with Crippen molar-refractivity contribution in [3.05, 3.63) is 18.2 Å². The predicted octanol–water partition coefficient (Wildman–Crippen LogP) is -1.43. The summed E-state index contributed by atoms with van der Waals surface area (Å²) in [4.78, 5) is 6.89. The Morgan fingerprint density at radius 2 is 2.58 bits per heavy atom. The first-order valence-electron chi connectivity index (χ1n) is 3.61. The molecule has 66 valence electrons. The van der Waals surface area contributed by atoms with E-state index in [1.807, 2.05) is 0 Å². The highest BCUT2D eigenvalue weighted by molar-refractivity contribution is 7.80. The van der Waals surface area contributed by atoms with Gasteiger partial charge in [-0.3, -0.25) is 5.84 Å². The largest absolute Gasteiger partial charge is 0.359 e.